The van der Waals surface area contributed by atoms with Gasteiger partial charge in [0.15, 0.2) is 0 Å². The Hall–Kier alpha value is -2.92. The zero-order valence-electron chi connectivity index (χ0n) is 13.4. The molecule has 0 aliphatic heterocycles. The maximum atomic E-state index is 12.6. The first kappa shape index (κ1) is 15.6. The van der Waals surface area contributed by atoms with E-state index in [1.807, 2.05) is 36.7 Å². The van der Waals surface area contributed by atoms with E-state index in [0.29, 0.717) is 16.3 Å². The van der Waals surface area contributed by atoms with Gasteiger partial charge in [0.1, 0.15) is 0 Å². The van der Waals surface area contributed by atoms with Crippen molar-refractivity contribution in [2.75, 3.05) is 0 Å². The van der Waals surface area contributed by atoms with E-state index < -0.39 is 9.84 Å². The van der Waals surface area contributed by atoms with Crippen molar-refractivity contribution in [1.29, 1.82) is 0 Å². The number of rotatable bonds is 4. The van der Waals surface area contributed by atoms with Crippen LogP contribution in [0.3, 0.4) is 0 Å². The zero-order valence-corrected chi connectivity index (χ0v) is 14.2. The van der Waals surface area contributed by atoms with E-state index in [1.54, 1.807) is 48.7 Å². The van der Waals surface area contributed by atoms with Gasteiger partial charge in [0.25, 0.3) is 0 Å². The van der Waals surface area contributed by atoms with Crippen LogP contribution in [0.1, 0.15) is 5.56 Å². The molecule has 0 unspecified atom stereocenters. The zero-order chi connectivity index (χ0) is 17.3. The SMILES string of the molecule is O=S(=O)(c1ccccc1)c1ccc(Cn2ccc3cnccc32)cc1. The van der Waals surface area contributed by atoms with E-state index in [1.165, 1.54) is 0 Å². The van der Waals surface area contributed by atoms with Gasteiger partial charge in [-0.15, -0.1) is 0 Å². The third-order valence-corrected chi connectivity index (χ3v) is 6.00. The maximum Gasteiger partial charge on any atom is 0.206 e. The summed E-state index contributed by atoms with van der Waals surface area (Å²) in [7, 11) is -3.47. The summed E-state index contributed by atoms with van der Waals surface area (Å²) in [6.45, 7) is 0.680. The Morgan fingerprint density at radius 1 is 0.840 bits per heavy atom. The molecule has 2 heterocycles. The molecular weight excluding hydrogens is 332 g/mol. The molecule has 5 heteroatoms. The molecule has 4 rings (SSSR count). The summed E-state index contributed by atoms with van der Waals surface area (Å²) in [5, 5.41) is 1.09. The maximum absolute atomic E-state index is 12.6. The van der Waals surface area contributed by atoms with E-state index in [9.17, 15) is 8.42 Å². The molecule has 0 atom stereocenters. The Bertz CT molecular complexity index is 1120. The summed E-state index contributed by atoms with van der Waals surface area (Å²) in [6, 6.07) is 19.6. The number of benzene rings is 2. The van der Waals surface area contributed by atoms with E-state index in [0.717, 1.165) is 16.5 Å². The normalized spacial score (nSPS) is 11.7. The summed E-state index contributed by atoms with van der Waals surface area (Å²) in [4.78, 5) is 4.74. The Morgan fingerprint density at radius 3 is 2.32 bits per heavy atom. The summed E-state index contributed by atoms with van der Waals surface area (Å²) in [6.07, 6.45) is 5.62. The number of fused-ring (bicyclic) bond motifs is 1. The van der Waals surface area contributed by atoms with Gasteiger partial charge in [0.2, 0.25) is 9.84 Å². The van der Waals surface area contributed by atoms with Crippen molar-refractivity contribution in [1.82, 2.24) is 9.55 Å². The van der Waals surface area contributed by atoms with Crippen LogP contribution in [0.15, 0.2) is 95.1 Å². The highest BCUT2D eigenvalue weighted by molar-refractivity contribution is 7.91. The molecule has 0 saturated heterocycles. The first-order valence-electron chi connectivity index (χ1n) is 7.92. The van der Waals surface area contributed by atoms with Crippen LogP contribution in [0, 0.1) is 0 Å². The molecule has 25 heavy (non-hydrogen) atoms. The minimum Gasteiger partial charge on any atom is -0.343 e. The van der Waals surface area contributed by atoms with Crippen molar-refractivity contribution >= 4 is 20.7 Å². The predicted molar refractivity (Wildman–Crippen MR) is 97.2 cm³/mol. The lowest BCUT2D eigenvalue weighted by Gasteiger charge is -2.08. The molecule has 124 valence electrons. The lowest BCUT2D eigenvalue weighted by atomic mass is 10.2. The van der Waals surface area contributed by atoms with Crippen LogP contribution in [0.25, 0.3) is 10.9 Å². The molecule has 0 saturated carbocycles. The fourth-order valence-corrected chi connectivity index (χ4v) is 4.17. The van der Waals surface area contributed by atoms with Gasteiger partial charge in [-0.05, 0) is 42.0 Å². The fourth-order valence-electron chi connectivity index (χ4n) is 2.88. The third-order valence-electron chi connectivity index (χ3n) is 4.21. The minimum atomic E-state index is -3.47. The number of sulfone groups is 1. The molecule has 0 aliphatic carbocycles. The van der Waals surface area contributed by atoms with Gasteiger partial charge in [-0.2, -0.15) is 0 Å². The second-order valence-corrected chi connectivity index (χ2v) is 7.79. The van der Waals surface area contributed by atoms with Gasteiger partial charge in [-0.25, -0.2) is 8.42 Å². The van der Waals surface area contributed by atoms with E-state index in [4.69, 9.17) is 0 Å². The minimum absolute atomic E-state index is 0.309. The number of pyridine rings is 1. The average Bonchev–Trinajstić information content (AvgIpc) is 3.06. The van der Waals surface area contributed by atoms with Crippen LogP contribution in [-0.4, -0.2) is 18.0 Å². The first-order valence-corrected chi connectivity index (χ1v) is 9.41. The van der Waals surface area contributed by atoms with Gasteiger partial charge in [-0.3, -0.25) is 4.98 Å². The van der Waals surface area contributed by atoms with Crippen LogP contribution in [0.2, 0.25) is 0 Å². The Labute approximate surface area is 146 Å². The summed E-state index contributed by atoms with van der Waals surface area (Å²) >= 11 is 0. The molecular formula is C20H16N2O2S. The number of hydrogen-bond donors (Lipinski definition) is 0. The van der Waals surface area contributed by atoms with E-state index in [2.05, 4.69) is 9.55 Å². The van der Waals surface area contributed by atoms with Crippen molar-refractivity contribution in [2.45, 2.75) is 16.3 Å². The second-order valence-electron chi connectivity index (χ2n) is 5.84. The highest BCUT2D eigenvalue weighted by Crippen LogP contribution is 2.22. The van der Waals surface area contributed by atoms with Crippen LogP contribution in [0.4, 0.5) is 0 Å². The highest BCUT2D eigenvalue weighted by atomic mass is 32.2. The molecule has 2 aromatic heterocycles. The van der Waals surface area contributed by atoms with Crippen LogP contribution in [-0.2, 0) is 16.4 Å². The van der Waals surface area contributed by atoms with Gasteiger partial charge < -0.3 is 4.57 Å². The summed E-state index contributed by atoms with van der Waals surface area (Å²) in [5.74, 6) is 0. The van der Waals surface area contributed by atoms with Gasteiger partial charge in [-0.1, -0.05) is 30.3 Å². The largest absolute Gasteiger partial charge is 0.343 e. The molecule has 0 aliphatic rings. The quantitative estimate of drug-likeness (QED) is 0.562. The summed E-state index contributed by atoms with van der Waals surface area (Å²) in [5.41, 5.74) is 2.15. The van der Waals surface area contributed by atoms with Gasteiger partial charge in [0, 0.05) is 30.5 Å². The Morgan fingerprint density at radius 2 is 1.56 bits per heavy atom. The van der Waals surface area contributed by atoms with Crippen molar-refractivity contribution in [3.05, 3.63) is 90.9 Å². The third kappa shape index (κ3) is 2.94. The van der Waals surface area contributed by atoms with Crippen molar-refractivity contribution in [3.8, 4) is 0 Å². The Kier molecular flexibility index (Phi) is 3.86. The molecule has 0 radical (unpaired) electrons. The van der Waals surface area contributed by atoms with Crippen molar-refractivity contribution in [3.63, 3.8) is 0 Å². The standard InChI is InChI=1S/C20H16N2O2S/c23-25(24,18-4-2-1-3-5-18)19-8-6-16(7-9-19)15-22-13-11-17-14-21-12-10-20(17)22/h1-14H,15H2. The van der Waals surface area contributed by atoms with Crippen molar-refractivity contribution in [2.24, 2.45) is 0 Å². The summed E-state index contributed by atoms with van der Waals surface area (Å²) < 4.78 is 27.4. The lowest BCUT2D eigenvalue weighted by molar-refractivity contribution is 0.596. The topological polar surface area (TPSA) is 52.0 Å². The molecule has 4 nitrogen and oxygen atoms in total. The van der Waals surface area contributed by atoms with Crippen molar-refractivity contribution < 1.29 is 8.42 Å². The first-order chi connectivity index (χ1) is 12.1. The molecule has 4 aromatic rings. The number of hydrogen-bond acceptors (Lipinski definition) is 3. The molecule has 0 amide bonds. The fraction of sp³-hybridized carbons (Fsp3) is 0.0500. The Balaban J connectivity index is 1.62. The molecule has 2 aromatic carbocycles. The van der Waals surface area contributed by atoms with Crippen LogP contribution in [0.5, 0.6) is 0 Å². The monoisotopic (exact) mass is 348 g/mol. The predicted octanol–water partition coefficient (Wildman–Crippen LogP) is 3.92. The molecule has 0 N–H and O–H groups in total. The van der Waals surface area contributed by atoms with Crippen LogP contribution < -0.4 is 0 Å². The average molecular weight is 348 g/mol. The van der Waals surface area contributed by atoms with Gasteiger partial charge in [0.05, 0.1) is 15.3 Å². The lowest BCUT2D eigenvalue weighted by Crippen LogP contribution is -2.03. The number of aromatic nitrogens is 2. The molecule has 0 fully saturated rings. The van der Waals surface area contributed by atoms with E-state index >= 15 is 0 Å². The second kappa shape index (κ2) is 6.18. The van der Waals surface area contributed by atoms with Crippen LogP contribution >= 0.6 is 0 Å². The molecule has 0 bridgehead atoms. The molecule has 0 spiro atoms. The van der Waals surface area contributed by atoms with Gasteiger partial charge >= 0.3 is 0 Å². The highest BCUT2D eigenvalue weighted by Gasteiger charge is 2.16. The smallest absolute Gasteiger partial charge is 0.206 e. The van der Waals surface area contributed by atoms with E-state index in [-0.39, 0.29) is 0 Å². The number of nitrogens with zero attached hydrogens (tertiary/aromatic N) is 2.